The van der Waals surface area contributed by atoms with Crippen LogP contribution >= 0.6 is 0 Å². The zero-order chi connectivity index (χ0) is 18.9. The Hall–Kier alpha value is -0.160. The van der Waals surface area contributed by atoms with Gasteiger partial charge in [-0.1, -0.05) is 0 Å². The van der Waals surface area contributed by atoms with Crippen molar-refractivity contribution in [1.82, 2.24) is 19.6 Å². The van der Waals surface area contributed by atoms with Gasteiger partial charge >= 0.3 is 0 Å². The summed E-state index contributed by atoms with van der Waals surface area (Å²) in [5.41, 5.74) is 0.636. The van der Waals surface area contributed by atoms with Crippen LogP contribution in [0.1, 0.15) is 60.8 Å². The smallest absolute Gasteiger partial charge is 0.0113 e. The fourth-order valence-electron chi connectivity index (χ4n) is 5.34. The van der Waals surface area contributed by atoms with Gasteiger partial charge in [0.15, 0.2) is 0 Å². The first-order valence-corrected chi connectivity index (χ1v) is 11.3. The zero-order valence-corrected chi connectivity index (χ0v) is 18.4. The molecule has 3 rings (SSSR count). The predicted octanol–water partition coefficient (Wildman–Crippen LogP) is 2.99. The Balaban J connectivity index is 1.34. The van der Waals surface area contributed by atoms with Crippen LogP contribution < -0.4 is 0 Å². The molecular weight excluding hydrogens is 320 g/mol. The second kappa shape index (κ2) is 8.46. The van der Waals surface area contributed by atoms with Crippen molar-refractivity contribution >= 4 is 0 Å². The third kappa shape index (κ3) is 4.63. The van der Waals surface area contributed by atoms with Gasteiger partial charge in [-0.05, 0) is 67.3 Å². The van der Waals surface area contributed by atoms with Crippen molar-refractivity contribution < 1.29 is 0 Å². The summed E-state index contributed by atoms with van der Waals surface area (Å²) < 4.78 is 0. The number of piperazine rings is 1. The van der Waals surface area contributed by atoms with E-state index in [1.54, 1.807) is 0 Å². The highest BCUT2D eigenvalue weighted by atomic mass is 15.3. The van der Waals surface area contributed by atoms with Crippen LogP contribution in [0.15, 0.2) is 0 Å². The molecule has 0 aromatic carbocycles. The molecule has 2 atom stereocenters. The average molecular weight is 365 g/mol. The topological polar surface area (TPSA) is 13.0 Å². The van der Waals surface area contributed by atoms with Crippen molar-refractivity contribution in [1.29, 1.82) is 0 Å². The van der Waals surface area contributed by atoms with E-state index in [4.69, 9.17) is 0 Å². The molecule has 26 heavy (non-hydrogen) atoms. The Kier molecular flexibility index (Phi) is 6.70. The molecule has 1 spiro atoms. The summed E-state index contributed by atoms with van der Waals surface area (Å²) in [7, 11) is 0. The molecule has 3 aliphatic rings. The van der Waals surface area contributed by atoms with Gasteiger partial charge in [-0.2, -0.15) is 0 Å². The van der Waals surface area contributed by atoms with E-state index in [2.05, 4.69) is 61.1 Å². The van der Waals surface area contributed by atoms with Crippen molar-refractivity contribution in [2.45, 2.75) is 85.0 Å². The Labute approximate surface area is 162 Å². The first kappa shape index (κ1) is 20.6. The minimum Gasteiger partial charge on any atom is -0.300 e. The van der Waals surface area contributed by atoms with Crippen molar-refractivity contribution in [2.24, 2.45) is 5.41 Å². The molecule has 0 aromatic rings. The van der Waals surface area contributed by atoms with Crippen LogP contribution in [0.4, 0.5) is 0 Å². The van der Waals surface area contributed by atoms with E-state index in [0.717, 1.165) is 18.1 Å². The summed E-state index contributed by atoms with van der Waals surface area (Å²) in [6, 6.07) is 2.92. The van der Waals surface area contributed by atoms with Crippen LogP contribution in [0.25, 0.3) is 0 Å². The third-order valence-corrected chi connectivity index (χ3v) is 7.60. The molecule has 152 valence electrons. The summed E-state index contributed by atoms with van der Waals surface area (Å²) in [4.78, 5) is 10.8. The lowest BCUT2D eigenvalue weighted by atomic mass is 9.78. The summed E-state index contributed by atoms with van der Waals surface area (Å²) in [6.07, 6.45) is 4.13. The monoisotopic (exact) mass is 364 g/mol. The minimum absolute atomic E-state index is 0.636. The maximum absolute atomic E-state index is 2.76. The van der Waals surface area contributed by atoms with E-state index in [1.807, 2.05) is 0 Å². The number of nitrogens with zero attached hydrogens (tertiary/aromatic N) is 4. The number of rotatable bonds is 7. The Bertz CT molecular complexity index is 435. The van der Waals surface area contributed by atoms with Crippen LogP contribution in [0.3, 0.4) is 0 Å². The molecular formula is C22H44N4. The molecule has 3 fully saturated rings. The summed E-state index contributed by atoms with van der Waals surface area (Å²) >= 11 is 0. The van der Waals surface area contributed by atoms with E-state index in [-0.39, 0.29) is 0 Å². The predicted molar refractivity (Wildman–Crippen MR) is 112 cm³/mol. The molecule has 0 amide bonds. The zero-order valence-electron chi connectivity index (χ0n) is 18.4. The molecule has 0 radical (unpaired) electrons. The lowest BCUT2D eigenvalue weighted by molar-refractivity contribution is -0.0255. The molecule has 3 saturated heterocycles. The van der Waals surface area contributed by atoms with Gasteiger partial charge in [0, 0.05) is 75.4 Å². The highest BCUT2D eigenvalue weighted by Gasteiger charge is 2.48. The summed E-state index contributed by atoms with van der Waals surface area (Å²) in [5.74, 6) is 0. The van der Waals surface area contributed by atoms with Crippen LogP contribution in [-0.4, -0.2) is 96.1 Å². The van der Waals surface area contributed by atoms with E-state index < -0.39 is 0 Å². The Morgan fingerprint density at radius 2 is 1.04 bits per heavy atom. The molecule has 3 heterocycles. The van der Waals surface area contributed by atoms with Gasteiger partial charge < -0.3 is 4.90 Å². The fraction of sp³-hybridized carbons (Fsp3) is 1.00. The Morgan fingerprint density at radius 3 is 1.54 bits per heavy atom. The van der Waals surface area contributed by atoms with Gasteiger partial charge in [-0.3, -0.25) is 14.7 Å². The van der Waals surface area contributed by atoms with Gasteiger partial charge in [0.1, 0.15) is 0 Å². The van der Waals surface area contributed by atoms with Gasteiger partial charge in [0.2, 0.25) is 0 Å². The second-order valence-electron chi connectivity index (χ2n) is 10.2. The van der Waals surface area contributed by atoms with Crippen molar-refractivity contribution in [3.63, 3.8) is 0 Å². The first-order valence-electron chi connectivity index (χ1n) is 11.3. The van der Waals surface area contributed by atoms with E-state index in [0.29, 0.717) is 11.5 Å². The fourth-order valence-corrected chi connectivity index (χ4v) is 5.34. The molecule has 4 heteroatoms. The van der Waals surface area contributed by atoms with Gasteiger partial charge in [0.25, 0.3) is 0 Å². The molecule has 3 aliphatic heterocycles. The van der Waals surface area contributed by atoms with E-state index >= 15 is 0 Å². The maximum Gasteiger partial charge on any atom is 0.0113 e. The standard InChI is InChI=1S/C22H44N4/c1-18(2)23-11-13-24(14-12-23)20(5)7-8-21(6)26-16-22(17-26)9-10-25(15-22)19(3)4/h18-21H,7-17H2,1-6H3. The molecule has 0 aromatic heterocycles. The average Bonchev–Trinajstić information content (AvgIpc) is 3.04. The van der Waals surface area contributed by atoms with Gasteiger partial charge in [-0.25, -0.2) is 0 Å². The molecule has 4 nitrogen and oxygen atoms in total. The van der Waals surface area contributed by atoms with Crippen LogP contribution in [0.2, 0.25) is 0 Å². The summed E-state index contributed by atoms with van der Waals surface area (Å²) in [5, 5.41) is 0. The van der Waals surface area contributed by atoms with Crippen LogP contribution in [0, 0.1) is 5.41 Å². The Morgan fingerprint density at radius 1 is 0.577 bits per heavy atom. The lowest BCUT2D eigenvalue weighted by Gasteiger charge is -2.51. The lowest BCUT2D eigenvalue weighted by Crippen LogP contribution is -2.60. The van der Waals surface area contributed by atoms with E-state index in [9.17, 15) is 0 Å². The quantitative estimate of drug-likeness (QED) is 0.688. The molecule has 0 N–H and O–H groups in total. The molecule has 0 bridgehead atoms. The van der Waals surface area contributed by atoms with Crippen molar-refractivity contribution in [3.05, 3.63) is 0 Å². The number of likely N-dealkylation sites (tertiary alicyclic amines) is 2. The first-order chi connectivity index (χ1) is 12.3. The normalized spacial score (nSPS) is 28.2. The van der Waals surface area contributed by atoms with Crippen LogP contribution in [-0.2, 0) is 0 Å². The highest BCUT2D eigenvalue weighted by molar-refractivity contribution is 5.03. The highest BCUT2D eigenvalue weighted by Crippen LogP contribution is 2.41. The maximum atomic E-state index is 2.76. The van der Waals surface area contributed by atoms with E-state index in [1.165, 1.54) is 71.6 Å². The molecule has 0 saturated carbocycles. The van der Waals surface area contributed by atoms with Gasteiger partial charge in [-0.15, -0.1) is 0 Å². The van der Waals surface area contributed by atoms with Gasteiger partial charge in [0.05, 0.1) is 0 Å². The summed E-state index contributed by atoms with van der Waals surface area (Å²) in [6.45, 7) is 24.6. The third-order valence-electron chi connectivity index (χ3n) is 7.60. The van der Waals surface area contributed by atoms with Crippen LogP contribution in [0.5, 0.6) is 0 Å². The number of hydrogen-bond donors (Lipinski definition) is 0. The van der Waals surface area contributed by atoms with Crippen molar-refractivity contribution in [3.8, 4) is 0 Å². The van der Waals surface area contributed by atoms with Crippen molar-refractivity contribution in [2.75, 3.05) is 52.4 Å². The molecule has 2 unspecified atom stereocenters. The molecule has 0 aliphatic carbocycles. The second-order valence-corrected chi connectivity index (χ2v) is 10.2. The SMILES string of the molecule is CC(C)N1CCN(C(C)CCC(C)N2CC3(CCN(C(C)C)C3)C2)CC1. The largest absolute Gasteiger partial charge is 0.300 e. The number of hydrogen-bond acceptors (Lipinski definition) is 4. The minimum atomic E-state index is 0.636.